The zero-order valence-corrected chi connectivity index (χ0v) is 12.1. The molecule has 0 fully saturated rings. The van der Waals surface area contributed by atoms with Gasteiger partial charge in [-0.15, -0.1) is 6.58 Å². The van der Waals surface area contributed by atoms with E-state index in [9.17, 15) is 0 Å². The first-order valence-corrected chi connectivity index (χ1v) is 7.63. The molecule has 0 aromatic heterocycles. The van der Waals surface area contributed by atoms with Crippen LogP contribution >= 0.6 is 0 Å². The first-order valence-electron chi connectivity index (χ1n) is 7.63. The zero-order chi connectivity index (χ0) is 12.8. The minimum absolute atomic E-state index is 1.09. The van der Waals surface area contributed by atoms with Crippen LogP contribution in [0.3, 0.4) is 0 Å². The van der Waals surface area contributed by atoms with Crippen LogP contribution in [0, 0.1) is 0 Å². The molecule has 0 saturated carbocycles. The van der Waals surface area contributed by atoms with Crippen LogP contribution in [0.4, 0.5) is 0 Å². The third kappa shape index (κ3) is 11.7. The number of unbranched alkanes of at least 4 members (excludes halogenated alkanes) is 7. The molecule has 0 saturated heterocycles. The van der Waals surface area contributed by atoms with Crippen molar-refractivity contribution >= 4 is 0 Å². The van der Waals surface area contributed by atoms with E-state index in [-0.39, 0.29) is 0 Å². The Bertz CT molecular complexity index is 188. The monoisotopic (exact) mass is 236 g/mol. The average Bonchev–Trinajstić information content (AvgIpc) is 2.34. The molecule has 0 aliphatic heterocycles. The second kappa shape index (κ2) is 13.5. The molecule has 0 atom stereocenters. The van der Waals surface area contributed by atoms with Crippen molar-refractivity contribution in [2.24, 2.45) is 0 Å². The SMILES string of the molecule is C=CC/C(=C\CCCCCCCC)CCCC. The van der Waals surface area contributed by atoms with Crippen LogP contribution in [0.5, 0.6) is 0 Å². The third-order valence-corrected chi connectivity index (χ3v) is 3.25. The van der Waals surface area contributed by atoms with Crippen molar-refractivity contribution < 1.29 is 0 Å². The highest BCUT2D eigenvalue weighted by Crippen LogP contribution is 2.15. The molecule has 0 aromatic rings. The van der Waals surface area contributed by atoms with Crippen LogP contribution in [0.2, 0.25) is 0 Å². The maximum absolute atomic E-state index is 3.85. The van der Waals surface area contributed by atoms with E-state index >= 15 is 0 Å². The van der Waals surface area contributed by atoms with E-state index < -0.39 is 0 Å². The first kappa shape index (κ1) is 16.5. The topological polar surface area (TPSA) is 0 Å². The van der Waals surface area contributed by atoms with Gasteiger partial charge in [-0.1, -0.05) is 70.1 Å². The van der Waals surface area contributed by atoms with E-state index in [4.69, 9.17) is 0 Å². The summed E-state index contributed by atoms with van der Waals surface area (Å²) in [5.41, 5.74) is 1.61. The van der Waals surface area contributed by atoms with Gasteiger partial charge in [-0.2, -0.15) is 0 Å². The fourth-order valence-electron chi connectivity index (χ4n) is 2.11. The van der Waals surface area contributed by atoms with E-state index in [2.05, 4.69) is 26.5 Å². The van der Waals surface area contributed by atoms with Gasteiger partial charge in [-0.05, 0) is 32.1 Å². The van der Waals surface area contributed by atoms with Gasteiger partial charge in [0.1, 0.15) is 0 Å². The van der Waals surface area contributed by atoms with E-state index in [0.29, 0.717) is 0 Å². The molecule has 0 bridgehead atoms. The minimum Gasteiger partial charge on any atom is -0.103 e. The molecule has 17 heavy (non-hydrogen) atoms. The van der Waals surface area contributed by atoms with Crippen LogP contribution < -0.4 is 0 Å². The van der Waals surface area contributed by atoms with Gasteiger partial charge in [-0.3, -0.25) is 0 Å². The molecule has 0 N–H and O–H groups in total. The number of hydrogen-bond acceptors (Lipinski definition) is 0. The van der Waals surface area contributed by atoms with Gasteiger partial charge in [0.05, 0.1) is 0 Å². The molecule has 0 heteroatoms. The molecule has 0 spiro atoms. The highest BCUT2D eigenvalue weighted by molar-refractivity contribution is 5.06. The Kier molecular flexibility index (Phi) is 13.1. The highest BCUT2D eigenvalue weighted by Gasteiger charge is 1.95. The van der Waals surface area contributed by atoms with E-state index in [1.807, 2.05) is 6.08 Å². The van der Waals surface area contributed by atoms with Crippen molar-refractivity contribution in [3.05, 3.63) is 24.3 Å². The summed E-state index contributed by atoms with van der Waals surface area (Å²) in [7, 11) is 0. The lowest BCUT2D eigenvalue weighted by atomic mass is 10.0. The van der Waals surface area contributed by atoms with Gasteiger partial charge in [0, 0.05) is 0 Å². The molecule has 0 unspecified atom stereocenters. The van der Waals surface area contributed by atoms with E-state index in [0.717, 1.165) is 6.42 Å². The second-order valence-electron chi connectivity index (χ2n) is 5.02. The standard InChI is InChI=1S/C17H32/c1-4-7-9-10-11-12-13-16-17(14-6-3)15-8-5-2/h6,16H,3-5,7-15H2,1-2H3/b17-16+. The number of allylic oxidation sites excluding steroid dienone is 3. The summed E-state index contributed by atoms with van der Waals surface area (Å²) in [6.45, 7) is 8.38. The molecule has 0 heterocycles. The van der Waals surface area contributed by atoms with Crippen LogP contribution in [0.1, 0.15) is 84.5 Å². The summed E-state index contributed by atoms with van der Waals surface area (Å²) < 4.78 is 0. The van der Waals surface area contributed by atoms with Gasteiger partial charge in [0.25, 0.3) is 0 Å². The molecular weight excluding hydrogens is 204 g/mol. The lowest BCUT2D eigenvalue weighted by Gasteiger charge is -2.04. The van der Waals surface area contributed by atoms with Crippen LogP contribution in [-0.4, -0.2) is 0 Å². The van der Waals surface area contributed by atoms with Gasteiger partial charge in [-0.25, -0.2) is 0 Å². The predicted octanol–water partition coefficient (Wildman–Crippen LogP) is 6.43. The average molecular weight is 236 g/mol. The fourth-order valence-corrected chi connectivity index (χ4v) is 2.11. The van der Waals surface area contributed by atoms with Crippen molar-refractivity contribution in [2.75, 3.05) is 0 Å². The van der Waals surface area contributed by atoms with Gasteiger partial charge in [0.2, 0.25) is 0 Å². The van der Waals surface area contributed by atoms with Crippen molar-refractivity contribution in [3.8, 4) is 0 Å². The molecule has 100 valence electrons. The van der Waals surface area contributed by atoms with Crippen molar-refractivity contribution in [2.45, 2.75) is 84.5 Å². The highest BCUT2D eigenvalue weighted by atomic mass is 14.0. The Morgan fingerprint density at radius 3 is 2.18 bits per heavy atom. The van der Waals surface area contributed by atoms with Crippen molar-refractivity contribution in [1.29, 1.82) is 0 Å². The molecule has 0 rings (SSSR count). The molecular formula is C17H32. The minimum atomic E-state index is 1.09. The Labute approximate surface area is 109 Å². The van der Waals surface area contributed by atoms with Crippen molar-refractivity contribution in [1.82, 2.24) is 0 Å². The maximum Gasteiger partial charge on any atom is -0.0142 e. The summed E-state index contributed by atoms with van der Waals surface area (Å²) in [5, 5.41) is 0. The van der Waals surface area contributed by atoms with E-state index in [1.54, 1.807) is 5.57 Å². The molecule has 0 amide bonds. The Hall–Kier alpha value is -0.520. The fraction of sp³-hybridized carbons (Fsp3) is 0.765. The summed E-state index contributed by atoms with van der Waals surface area (Å²) >= 11 is 0. The van der Waals surface area contributed by atoms with Gasteiger partial charge >= 0.3 is 0 Å². The van der Waals surface area contributed by atoms with Gasteiger partial charge < -0.3 is 0 Å². The van der Waals surface area contributed by atoms with Crippen LogP contribution in [-0.2, 0) is 0 Å². The first-order chi connectivity index (χ1) is 8.35. The van der Waals surface area contributed by atoms with Crippen LogP contribution in [0.25, 0.3) is 0 Å². The van der Waals surface area contributed by atoms with Crippen molar-refractivity contribution in [3.63, 3.8) is 0 Å². The summed E-state index contributed by atoms with van der Waals surface area (Å²) in [5.74, 6) is 0. The predicted molar refractivity (Wildman–Crippen MR) is 80.4 cm³/mol. The second-order valence-corrected chi connectivity index (χ2v) is 5.02. The normalized spacial score (nSPS) is 11.8. The lowest BCUT2D eigenvalue weighted by Crippen LogP contribution is -1.84. The smallest absolute Gasteiger partial charge is 0.0142 e. The quantitative estimate of drug-likeness (QED) is 0.270. The molecule has 0 nitrogen and oxygen atoms in total. The Balaban J connectivity index is 3.57. The maximum atomic E-state index is 3.85. The molecule has 0 aromatic carbocycles. The molecule has 0 aliphatic rings. The summed E-state index contributed by atoms with van der Waals surface area (Å²) in [6.07, 6.45) is 19.2. The largest absolute Gasteiger partial charge is 0.103 e. The molecule has 0 radical (unpaired) electrons. The lowest BCUT2D eigenvalue weighted by molar-refractivity contribution is 0.610. The molecule has 0 aliphatic carbocycles. The summed E-state index contributed by atoms with van der Waals surface area (Å²) in [6, 6.07) is 0. The Morgan fingerprint density at radius 1 is 0.882 bits per heavy atom. The Morgan fingerprint density at radius 2 is 1.53 bits per heavy atom. The zero-order valence-electron chi connectivity index (χ0n) is 12.1. The third-order valence-electron chi connectivity index (χ3n) is 3.25. The number of rotatable bonds is 12. The van der Waals surface area contributed by atoms with E-state index in [1.165, 1.54) is 64.2 Å². The summed E-state index contributed by atoms with van der Waals surface area (Å²) in [4.78, 5) is 0. The van der Waals surface area contributed by atoms with Gasteiger partial charge in [0.15, 0.2) is 0 Å². The van der Waals surface area contributed by atoms with Crippen LogP contribution in [0.15, 0.2) is 24.3 Å². The number of hydrogen-bond donors (Lipinski definition) is 0.